The maximum Gasteiger partial charge on any atom is 0.323 e. The topological polar surface area (TPSA) is 105 Å². The summed E-state index contributed by atoms with van der Waals surface area (Å²) in [7, 11) is 0. The molecule has 1 aromatic heterocycles. The number of benzene rings is 2. The molecule has 2 aromatic carbocycles. The minimum atomic E-state index is -0.521. The summed E-state index contributed by atoms with van der Waals surface area (Å²) in [6.07, 6.45) is 4.67. The summed E-state index contributed by atoms with van der Waals surface area (Å²) in [5.74, 6) is 1.44. The number of para-hydroxylation sites is 1. The maximum atomic E-state index is 14.0. The van der Waals surface area contributed by atoms with Gasteiger partial charge < -0.3 is 15.4 Å². The zero-order valence-electron chi connectivity index (χ0n) is 18.9. The van der Waals surface area contributed by atoms with Crippen LogP contribution in [0, 0.1) is 5.82 Å². The number of aromatic nitrogens is 4. The van der Waals surface area contributed by atoms with Crippen molar-refractivity contribution in [3.05, 3.63) is 59.2 Å². The van der Waals surface area contributed by atoms with E-state index < -0.39 is 11.8 Å². The number of carbonyl (C=O) groups excluding carboxylic acids is 1. The van der Waals surface area contributed by atoms with Crippen molar-refractivity contribution in [1.82, 2.24) is 20.6 Å². The Morgan fingerprint density at radius 1 is 1.15 bits per heavy atom. The highest BCUT2D eigenvalue weighted by Gasteiger charge is 2.42. The van der Waals surface area contributed by atoms with E-state index in [0.717, 1.165) is 49.1 Å². The number of hydrogen-bond acceptors (Lipinski definition) is 5. The fraction of sp³-hybridized carbons (Fsp3) is 0.417. The first kappa shape index (κ1) is 22.7. The lowest BCUT2D eigenvalue weighted by Gasteiger charge is -2.19. The second-order valence-electron chi connectivity index (χ2n) is 8.30. The number of hydrogen-bond donors (Lipinski definition) is 3. The minimum Gasteiger partial charge on any atom is -0.491 e. The number of halogens is 1. The van der Waals surface area contributed by atoms with Crippen LogP contribution in [-0.4, -0.2) is 33.3 Å². The van der Waals surface area contributed by atoms with Gasteiger partial charge in [-0.2, -0.15) is 0 Å². The van der Waals surface area contributed by atoms with Crippen molar-refractivity contribution in [3.8, 4) is 5.75 Å². The molecule has 0 aliphatic heterocycles. The molecule has 1 saturated carbocycles. The molecule has 1 aliphatic carbocycles. The van der Waals surface area contributed by atoms with Gasteiger partial charge in [-0.25, -0.2) is 14.3 Å². The lowest BCUT2D eigenvalue weighted by molar-refractivity contribution is 0.261. The Kier molecular flexibility index (Phi) is 7.16. The van der Waals surface area contributed by atoms with Gasteiger partial charge in [0.2, 0.25) is 0 Å². The molecule has 2 atom stereocenters. The molecule has 4 rings (SSSR count). The van der Waals surface area contributed by atoms with Crippen LogP contribution in [0.15, 0.2) is 36.4 Å². The molecule has 1 aliphatic rings. The Morgan fingerprint density at radius 2 is 1.97 bits per heavy atom. The number of tetrazole rings is 1. The average molecular weight is 453 g/mol. The molecule has 2 amide bonds. The highest BCUT2D eigenvalue weighted by atomic mass is 19.1. The van der Waals surface area contributed by atoms with E-state index in [1.807, 2.05) is 13.0 Å². The van der Waals surface area contributed by atoms with E-state index in [1.165, 1.54) is 12.1 Å². The van der Waals surface area contributed by atoms with E-state index in [2.05, 4.69) is 44.2 Å². The standard InChI is InChI=1S/C24H29FN6O2/c1-3-5-8-15-12-16(17-14-18(17)23-28-30-31-29-23)13-21(22(15)33-11-4-2)27-24(32)26-20-10-7-6-9-19(20)25/h6-7,9-10,12-13,17-18H,3-5,8,11,14H2,1-2H3,(H2,26,27,32)(H,28,29,30,31). The van der Waals surface area contributed by atoms with Crippen molar-refractivity contribution >= 4 is 17.4 Å². The molecule has 1 heterocycles. The van der Waals surface area contributed by atoms with Crippen molar-refractivity contribution in [2.75, 3.05) is 17.2 Å². The third kappa shape index (κ3) is 5.47. The molecule has 2 unspecified atom stereocenters. The van der Waals surface area contributed by atoms with E-state index in [4.69, 9.17) is 4.74 Å². The Balaban J connectivity index is 1.63. The lowest BCUT2D eigenvalue weighted by Crippen LogP contribution is -2.21. The SMILES string of the molecule is CCCCc1cc(C2CC2c2nnn[nH]2)cc(NC(=O)Nc2ccccc2F)c1OCCC. The molecule has 0 spiro atoms. The number of aryl methyl sites for hydroxylation is 1. The fourth-order valence-corrected chi connectivity index (χ4v) is 3.98. The number of unbranched alkanes of at least 4 members (excludes halogenated alkanes) is 1. The molecule has 9 heteroatoms. The van der Waals surface area contributed by atoms with E-state index in [1.54, 1.807) is 12.1 Å². The summed E-state index contributed by atoms with van der Waals surface area (Å²) in [6.45, 7) is 4.72. The summed E-state index contributed by atoms with van der Waals surface area (Å²) in [5, 5.41) is 19.8. The van der Waals surface area contributed by atoms with Crippen molar-refractivity contribution in [1.29, 1.82) is 0 Å². The Labute approximate surface area is 192 Å². The largest absolute Gasteiger partial charge is 0.491 e. The molecule has 174 valence electrons. The summed E-state index contributed by atoms with van der Waals surface area (Å²) in [5.41, 5.74) is 2.87. The van der Waals surface area contributed by atoms with Gasteiger partial charge in [0.15, 0.2) is 5.82 Å². The first-order valence-electron chi connectivity index (χ1n) is 11.5. The number of aromatic amines is 1. The second-order valence-corrected chi connectivity index (χ2v) is 8.30. The van der Waals surface area contributed by atoms with E-state index >= 15 is 0 Å². The van der Waals surface area contributed by atoms with Crippen molar-refractivity contribution in [2.24, 2.45) is 0 Å². The maximum absolute atomic E-state index is 14.0. The van der Waals surface area contributed by atoms with Crippen LogP contribution in [-0.2, 0) is 6.42 Å². The van der Waals surface area contributed by atoms with Gasteiger partial charge >= 0.3 is 6.03 Å². The number of nitrogens with one attached hydrogen (secondary N) is 3. The lowest BCUT2D eigenvalue weighted by atomic mass is 9.99. The fourth-order valence-electron chi connectivity index (χ4n) is 3.98. The highest BCUT2D eigenvalue weighted by Crippen LogP contribution is 2.54. The van der Waals surface area contributed by atoms with Crippen LogP contribution in [0.25, 0.3) is 0 Å². The molecule has 3 aromatic rings. The Hall–Kier alpha value is -3.49. The van der Waals surface area contributed by atoms with Crippen molar-refractivity contribution in [3.63, 3.8) is 0 Å². The molecule has 0 radical (unpaired) electrons. The van der Waals surface area contributed by atoms with Crippen LogP contribution in [0.2, 0.25) is 0 Å². The zero-order chi connectivity index (χ0) is 23.2. The second kappa shape index (κ2) is 10.4. The number of H-pyrrole nitrogens is 1. The van der Waals surface area contributed by atoms with Crippen LogP contribution in [0.3, 0.4) is 0 Å². The molecule has 0 bridgehead atoms. The Morgan fingerprint density at radius 3 is 2.70 bits per heavy atom. The summed E-state index contributed by atoms with van der Waals surface area (Å²) in [4.78, 5) is 12.8. The predicted octanol–water partition coefficient (Wildman–Crippen LogP) is 5.39. The first-order chi connectivity index (χ1) is 16.1. The van der Waals surface area contributed by atoms with Gasteiger partial charge in [0.05, 0.1) is 18.0 Å². The van der Waals surface area contributed by atoms with E-state index in [9.17, 15) is 9.18 Å². The Bertz CT molecular complexity index is 1090. The van der Waals surface area contributed by atoms with Crippen molar-refractivity contribution in [2.45, 2.75) is 57.8 Å². The summed E-state index contributed by atoms with van der Waals surface area (Å²) in [6, 6.07) is 9.68. The number of ether oxygens (including phenoxy) is 1. The number of urea groups is 1. The van der Waals surface area contributed by atoms with Crippen LogP contribution < -0.4 is 15.4 Å². The summed E-state index contributed by atoms with van der Waals surface area (Å²) >= 11 is 0. The molecule has 33 heavy (non-hydrogen) atoms. The van der Waals surface area contributed by atoms with Gasteiger partial charge in [0, 0.05) is 5.92 Å². The molecular weight excluding hydrogens is 423 g/mol. The quantitative estimate of drug-likeness (QED) is 0.383. The summed E-state index contributed by atoms with van der Waals surface area (Å²) < 4.78 is 20.1. The first-order valence-corrected chi connectivity index (χ1v) is 11.5. The van der Waals surface area contributed by atoms with Gasteiger partial charge in [-0.15, -0.1) is 5.10 Å². The number of rotatable bonds is 10. The van der Waals surface area contributed by atoms with Crippen molar-refractivity contribution < 1.29 is 13.9 Å². The number of anilines is 2. The van der Waals surface area contributed by atoms with E-state index in [0.29, 0.717) is 18.0 Å². The predicted molar refractivity (Wildman–Crippen MR) is 124 cm³/mol. The third-order valence-electron chi connectivity index (χ3n) is 5.74. The van der Waals surface area contributed by atoms with Gasteiger partial charge in [-0.1, -0.05) is 38.5 Å². The molecule has 3 N–H and O–H groups in total. The number of nitrogens with zero attached hydrogens (tertiary/aromatic N) is 3. The third-order valence-corrected chi connectivity index (χ3v) is 5.74. The van der Waals surface area contributed by atoms with Gasteiger partial charge in [0.25, 0.3) is 0 Å². The van der Waals surface area contributed by atoms with Crippen LogP contribution in [0.1, 0.15) is 68.3 Å². The van der Waals surface area contributed by atoms with Crippen LogP contribution in [0.5, 0.6) is 5.75 Å². The normalized spacial score (nSPS) is 16.9. The van der Waals surface area contributed by atoms with Gasteiger partial charge in [-0.3, -0.25) is 0 Å². The molecule has 0 saturated heterocycles. The molecule has 8 nitrogen and oxygen atoms in total. The van der Waals surface area contributed by atoms with E-state index in [-0.39, 0.29) is 17.5 Å². The molecular formula is C24H29FN6O2. The highest BCUT2D eigenvalue weighted by molar-refractivity contribution is 6.01. The van der Waals surface area contributed by atoms with Crippen LogP contribution >= 0.6 is 0 Å². The van der Waals surface area contributed by atoms with Gasteiger partial charge in [-0.05, 0) is 71.4 Å². The number of carbonyl (C=O) groups is 1. The average Bonchev–Trinajstić information content (AvgIpc) is 3.42. The minimum absolute atomic E-state index is 0.119. The molecule has 1 fully saturated rings. The van der Waals surface area contributed by atoms with Gasteiger partial charge in [0.1, 0.15) is 11.6 Å². The monoisotopic (exact) mass is 452 g/mol. The van der Waals surface area contributed by atoms with Crippen LogP contribution in [0.4, 0.5) is 20.6 Å². The zero-order valence-corrected chi connectivity index (χ0v) is 18.9. The smallest absolute Gasteiger partial charge is 0.323 e. The number of amides is 2.